The van der Waals surface area contributed by atoms with Gasteiger partial charge in [-0.1, -0.05) is 40.0 Å². The predicted molar refractivity (Wildman–Crippen MR) is 163 cm³/mol. The van der Waals surface area contributed by atoms with Crippen LogP contribution in [0.15, 0.2) is 0 Å². The Labute approximate surface area is 257 Å². The van der Waals surface area contributed by atoms with E-state index < -0.39 is 54.7 Å². The zero-order chi connectivity index (χ0) is 31.7. The summed E-state index contributed by atoms with van der Waals surface area (Å²) >= 11 is 0. The Bertz CT molecular complexity index is 1040. The summed E-state index contributed by atoms with van der Waals surface area (Å²) in [5.41, 5.74) is -0.443. The van der Waals surface area contributed by atoms with E-state index >= 15 is 0 Å². The molecular formula is C31H53BN4O7. The van der Waals surface area contributed by atoms with E-state index in [0.29, 0.717) is 18.3 Å². The molecule has 5 aliphatic rings. The standard InChI is InChI=1S/C31H53BN4O7/c1-9-22(27(38)34-18(3)32-42-23-16-20-15-21(25(23)43-32)31(20,7)8)35-26(37)17(2)33-28(39)24(19-13-11-10-12-14-19)36-29(40)41-30(4,5)6/h17-25H,9-16H2,1-8H3,(H,33,39)(H,34,38)(H,35,37)(H,36,40). The molecule has 4 aliphatic carbocycles. The Hall–Kier alpha value is -2.34. The van der Waals surface area contributed by atoms with Gasteiger partial charge in [0.1, 0.15) is 23.7 Å². The first-order chi connectivity index (χ1) is 20.1. The van der Waals surface area contributed by atoms with Crippen LogP contribution in [0.3, 0.4) is 0 Å². The first kappa shape index (κ1) is 33.6. The fourth-order valence-electron chi connectivity index (χ4n) is 7.31. The largest absolute Gasteiger partial charge is 0.481 e. The van der Waals surface area contributed by atoms with E-state index in [9.17, 15) is 19.2 Å². The van der Waals surface area contributed by atoms with Crippen LogP contribution in [0.5, 0.6) is 0 Å². The Morgan fingerprint density at radius 1 is 0.907 bits per heavy atom. The van der Waals surface area contributed by atoms with Gasteiger partial charge in [-0.05, 0) is 89.9 Å². The number of alkyl carbamates (subject to hydrolysis) is 1. The van der Waals surface area contributed by atoms with Crippen LogP contribution in [-0.2, 0) is 28.4 Å². The quantitative estimate of drug-likeness (QED) is 0.280. The summed E-state index contributed by atoms with van der Waals surface area (Å²) in [7, 11) is -0.533. The second-order valence-electron chi connectivity index (χ2n) is 14.8. The zero-order valence-corrected chi connectivity index (χ0v) is 27.3. The second kappa shape index (κ2) is 13.3. The molecule has 0 radical (unpaired) electrons. The molecule has 1 aliphatic heterocycles. The molecule has 0 aromatic carbocycles. The van der Waals surface area contributed by atoms with E-state index in [-0.39, 0.29) is 29.4 Å². The molecule has 0 spiro atoms. The van der Waals surface area contributed by atoms with Crippen molar-refractivity contribution in [2.75, 3.05) is 0 Å². The van der Waals surface area contributed by atoms with Crippen molar-refractivity contribution >= 4 is 30.9 Å². The third kappa shape index (κ3) is 7.85. The Kier molecular flexibility index (Phi) is 10.4. The lowest BCUT2D eigenvalue weighted by atomic mass is 9.47. The molecule has 43 heavy (non-hydrogen) atoms. The van der Waals surface area contributed by atoms with Gasteiger partial charge in [0.2, 0.25) is 17.7 Å². The van der Waals surface area contributed by atoms with E-state index in [2.05, 4.69) is 35.1 Å². The molecule has 4 N–H and O–H groups in total. The second-order valence-corrected chi connectivity index (χ2v) is 14.8. The molecule has 11 nitrogen and oxygen atoms in total. The van der Waals surface area contributed by atoms with Crippen LogP contribution in [0.25, 0.3) is 0 Å². The SMILES string of the molecule is CCC(NC(=O)C(C)NC(=O)C(NC(=O)OC(C)(C)C)C1CCCCC1)C(=O)NC(C)B1OC2CC3CC(C2O1)C3(C)C. The van der Waals surface area contributed by atoms with E-state index in [1.165, 1.54) is 6.42 Å². The number of carbonyl (C=O) groups is 4. The summed E-state index contributed by atoms with van der Waals surface area (Å²) in [6.45, 7) is 15.1. The van der Waals surface area contributed by atoms with Crippen LogP contribution in [0, 0.1) is 23.2 Å². The number of amides is 4. The van der Waals surface area contributed by atoms with E-state index in [4.69, 9.17) is 14.0 Å². The highest BCUT2D eigenvalue weighted by Gasteiger charge is 2.62. The van der Waals surface area contributed by atoms with Crippen molar-refractivity contribution in [3.8, 4) is 0 Å². The molecule has 1 saturated heterocycles. The Morgan fingerprint density at radius 2 is 1.58 bits per heavy atom. The van der Waals surface area contributed by atoms with Crippen LogP contribution in [-0.4, -0.2) is 72.8 Å². The van der Waals surface area contributed by atoms with Crippen molar-refractivity contribution < 1.29 is 33.2 Å². The van der Waals surface area contributed by atoms with Crippen molar-refractivity contribution in [1.29, 1.82) is 0 Å². The summed E-state index contributed by atoms with van der Waals surface area (Å²) in [6, 6.07) is -2.53. The van der Waals surface area contributed by atoms with Gasteiger partial charge in [0.05, 0.1) is 18.1 Å². The highest BCUT2D eigenvalue weighted by atomic mass is 16.7. The molecule has 0 aromatic rings. The molecule has 4 amide bonds. The lowest BCUT2D eigenvalue weighted by Crippen LogP contribution is -2.59. The minimum absolute atomic E-state index is 0.0482. The minimum Gasteiger partial charge on any atom is -0.444 e. The number of nitrogens with one attached hydrogen (secondary N) is 4. The third-order valence-corrected chi connectivity index (χ3v) is 10.1. The first-order valence-corrected chi connectivity index (χ1v) is 16.3. The Balaban J connectivity index is 1.29. The van der Waals surface area contributed by atoms with E-state index in [1.807, 2.05) is 13.8 Å². The molecule has 12 heteroatoms. The number of hydrogen-bond acceptors (Lipinski definition) is 7. The lowest BCUT2D eigenvalue weighted by molar-refractivity contribution is -0.150. The number of ether oxygens (including phenoxy) is 1. The van der Waals surface area contributed by atoms with Gasteiger partial charge in [-0.15, -0.1) is 0 Å². The summed E-state index contributed by atoms with van der Waals surface area (Å²) < 4.78 is 17.9. The molecule has 4 saturated carbocycles. The maximum atomic E-state index is 13.3. The van der Waals surface area contributed by atoms with Crippen molar-refractivity contribution in [2.24, 2.45) is 23.2 Å². The number of hydrogen-bond donors (Lipinski definition) is 4. The maximum absolute atomic E-state index is 13.3. The van der Waals surface area contributed by atoms with Gasteiger partial charge in [0.25, 0.3) is 0 Å². The van der Waals surface area contributed by atoms with Crippen LogP contribution in [0.1, 0.15) is 107 Å². The van der Waals surface area contributed by atoms with Crippen molar-refractivity contribution in [3.63, 3.8) is 0 Å². The molecule has 242 valence electrons. The fraction of sp³-hybridized carbons (Fsp3) is 0.871. The highest BCUT2D eigenvalue weighted by molar-refractivity contribution is 6.47. The zero-order valence-electron chi connectivity index (χ0n) is 27.3. The topological polar surface area (TPSA) is 144 Å². The van der Waals surface area contributed by atoms with Gasteiger partial charge in [0.15, 0.2) is 0 Å². The molecular weight excluding hydrogens is 551 g/mol. The molecule has 1 heterocycles. The molecule has 8 unspecified atom stereocenters. The van der Waals surface area contributed by atoms with Crippen LogP contribution < -0.4 is 21.3 Å². The summed E-state index contributed by atoms with van der Waals surface area (Å²) in [6.07, 6.45) is 6.63. The summed E-state index contributed by atoms with van der Waals surface area (Å²) in [4.78, 5) is 52.2. The van der Waals surface area contributed by atoms with Crippen molar-refractivity contribution in [1.82, 2.24) is 21.3 Å². The smallest absolute Gasteiger partial charge is 0.444 e. The summed E-state index contributed by atoms with van der Waals surface area (Å²) in [5.74, 6) is -0.571. The fourth-order valence-corrected chi connectivity index (χ4v) is 7.31. The average molecular weight is 605 g/mol. The van der Waals surface area contributed by atoms with Gasteiger partial charge < -0.3 is 35.3 Å². The van der Waals surface area contributed by atoms with Gasteiger partial charge in [-0.3, -0.25) is 14.4 Å². The van der Waals surface area contributed by atoms with Gasteiger partial charge in [-0.25, -0.2) is 4.79 Å². The highest BCUT2D eigenvalue weighted by Crippen LogP contribution is 2.61. The van der Waals surface area contributed by atoms with Crippen LogP contribution in [0.4, 0.5) is 4.79 Å². The Morgan fingerprint density at radius 3 is 2.19 bits per heavy atom. The van der Waals surface area contributed by atoms with Crippen LogP contribution in [0.2, 0.25) is 0 Å². The van der Waals surface area contributed by atoms with Crippen molar-refractivity contribution in [3.05, 3.63) is 0 Å². The predicted octanol–water partition coefficient (Wildman–Crippen LogP) is 3.24. The van der Waals surface area contributed by atoms with Gasteiger partial charge in [0, 0.05) is 0 Å². The first-order valence-electron chi connectivity index (χ1n) is 16.3. The van der Waals surface area contributed by atoms with E-state index in [0.717, 1.165) is 38.5 Å². The molecule has 2 bridgehead atoms. The maximum Gasteiger partial charge on any atom is 0.481 e. The lowest BCUT2D eigenvalue weighted by Gasteiger charge is -2.60. The molecule has 5 fully saturated rings. The third-order valence-electron chi connectivity index (χ3n) is 10.1. The molecule has 0 aromatic heterocycles. The minimum atomic E-state index is -0.919. The van der Waals surface area contributed by atoms with Crippen molar-refractivity contribution in [2.45, 2.75) is 149 Å². The number of carbonyl (C=O) groups excluding carboxylic acids is 4. The van der Waals surface area contributed by atoms with Gasteiger partial charge >= 0.3 is 13.2 Å². The normalized spacial score (nSPS) is 29.2. The van der Waals surface area contributed by atoms with Crippen LogP contribution >= 0.6 is 0 Å². The average Bonchev–Trinajstić information content (AvgIpc) is 3.38. The van der Waals surface area contributed by atoms with Gasteiger partial charge in [-0.2, -0.15) is 0 Å². The number of rotatable bonds is 10. The monoisotopic (exact) mass is 604 g/mol. The van der Waals surface area contributed by atoms with E-state index in [1.54, 1.807) is 27.7 Å². The molecule has 8 atom stereocenters. The summed E-state index contributed by atoms with van der Waals surface area (Å²) in [5, 5.41) is 11.2. The molecule has 5 rings (SSSR count).